The second-order valence-corrected chi connectivity index (χ2v) is 5.40. The van der Waals surface area contributed by atoms with Gasteiger partial charge in [0.2, 0.25) is 0 Å². The number of rotatable bonds is 3. The molecule has 2 aromatic heterocycles. The van der Waals surface area contributed by atoms with Crippen molar-refractivity contribution in [2.24, 2.45) is 0 Å². The van der Waals surface area contributed by atoms with Crippen LogP contribution in [0.4, 0.5) is 0 Å². The molecule has 0 radical (unpaired) electrons. The largest absolute Gasteiger partial charge is 0.495 e. The quantitative estimate of drug-likeness (QED) is 0.588. The van der Waals surface area contributed by atoms with Gasteiger partial charge in [-0.15, -0.1) is 0 Å². The van der Waals surface area contributed by atoms with Crippen LogP contribution < -0.4 is 4.74 Å². The number of aromatic amines is 1. The lowest BCUT2D eigenvalue weighted by atomic mass is 10.0. The van der Waals surface area contributed by atoms with Crippen molar-refractivity contribution in [2.45, 2.75) is 5.16 Å². The summed E-state index contributed by atoms with van der Waals surface area (Å²) in [4.78, 5) is 11.9. The molecule has 0 unspecified atom stereocenters. The summed E-state index contributed by atoms with van der Waals surface area (Å²) in [6, 6.07) is 9.45. The highest BCUT2D eigenvalue weighted by Crippen LogP contribution is 2.33. The molecule has 0 aliphatic carbocycles. The monoisotopic (exact) mass is 321 g/mol. The second kappa shape index (κ2) is 5.99. The summed E-state index contributed by atoms with van der Waals surface area (Å²) >= 11 is 1.42. The van der Waals surface area contributed by atoms with Crippen molar-refractivity contribution in [3.63, 3.8) is 0 Å². The van der Waals surface area contributed by atoms with E-state index in [1.807, 2.05) is 6.26 Å². The first-order valence-corrected chi connectivity index (χ1v) is 7.86. The van der Waals surface area contributed by atoms with Crippen LogP contribution in [-0.2, 0) is 0 Å². The highest BCUT2D eigenvalue weighted by Gasteiger charge is 2.16. The van der Waals surface area contributed by atoms with Crippen molar-refractivity contribution in [3.8, 4) is 29.1 Å². The van der Waals surface area contributed by atoms with Crippen LogP contribution >= 0.6 is 11.8 Å². The van der Waals surface area contributed by atoms with Crippen LogP contribution in [0.25, 0.3) is 22.3 Å². The van der Waals surface area contributed by atoms with Crippen molar-refractivity contribution in [1.82, 2.24) is 15.0 Å². The Bertz CT molecular complexity index is 981. The first kappa shape index (κ1) is 14.9. The zero-order valence-corrected chi connectivity index (χ0v) is 13.2. The highest BCUT2D eigenvalue weighted by atomic mass is 32.2. The molecular formula is C16H11N5OS. The number of hydrogen-bond acceptors (Lipinski definition) is 6. The minimum absolute atomic E-state index is 0.446. The fourth-order valence-corrected chi connectivity index (χ4v) is 2.70. The Balaban J connectivity index is 2.33. The first-order valence-electron chi connectivity index (χ1n) is 6.63. The van der Waals surface area contributed by atoms with Gasteiger partial charge in [-0.2, -0.15) is 10.5 Å². The molecular weight excluding hydrogens is 310 g/mol. The smallest absolute Gasteiger partial charge is 0.189 e. The molecule has 1 aromatic carbocycles. The first-order chi connectivity index (χ1) is 11.2. The van der Waals surface area contributed by atoms with E-state index in [9.17, 15) is 5.26 Å². The molecule has 0 aliphatic heterocycles. The fraction of sp³-hybridized carbons (Fsp3) is 0.125. The van der Waals surface area contributed by atoms with E-state index in [-0.39, 0.29) is 0 Å². The minimum atomic E-state index is 0.446. The molecule has 3 rings (SSSR count). The number of fused-ring (bicyclic) bond motifs is 1. The van der Waals surface area contributed by atoms with Crippen molar-refractivity contribution in [1.29, 1.82) is 10.5 Å². The lowest BCUT2D eigenvalue weighted by Gasteiger charge is -2.08. The van der Waals surface area contributed by atoms with Crippen LogP contribution in [-0.4, -0.2) is 28.3 Å². The molecule has 7 heteroatoms. The lowest BCUT2D eigenvalue weighted by Crippen LogP contribution is -1.95. The van der Waals surface area contributed by atoms with E-state index in [1.165, 1.54) is 18.9 Å². The summed E-state index contributed by atoms with van der Waals surface area (Å²) in [6.07, 6.45) is 3.51. The van der Waals surface area contributed by atoms with Gasteiger partial charge in [-0.25, -0.2) is 9.97 Å². The summed E-state index contributed by atoms with van der Waals surface area (Å²) in [7, 11) is 1.51. The number of aromatic nitrogens is 3. The maximum Gasteiger partial charge on any atom is 0.189 e. The number of nitrogens with zero attached hydrogens (tertiary/aromatic N) is 4. The maximum atomic E-state index is 9.31. The Morgan fingerprint density at radius 3 is 2.61 bits per heavy atom. The van der Waals surface area contributed by atoms with E-state index in [4.69, 9.17) is 10.00 Å². The topological polar surface area (TPSA) is 98.4 Å². The molecule has 0 aliphatic rings. The third kappa shape index (κ3) is 2.48. The molecule has 0 saturated heterocycles. The Labute approximate surface area is 136 Å². The minimum Gasteiger partial charge on any atom is -0.495 e. The van der Waals surface area contributed by atoms with E-state index in [1.54, 1.807) is 24.4 Å². The maximum absolute atomic E-state index is 9.31. The number of methoxy groups -OCH3 is 1. The van der Waals surface area contributed by atoms with Gasteiger partial charge in [0.15, 0.2) is 5.16 Å². The normalized spacial score (nSPS) is 10.3. The van der Waals surface area contributed by atoms with Gasteiger partial charge in [0.1, 0.15) is 23.5 Å². The number of thioether (sulfide) groups is 1. The number of ether oxygens (including phenoxy) is 1. The lowest BCUT2D eigenvalue weighted by molar-refractivity contribution is 0.413. The number of benzene rings is 1. The Hall–Kier alpha value is -3.03. The van der Waals surface area contributed by atoms with Gasteiger partial charge < -0.3 is 9.72 Å². The van der Waals surface area contributed by atoms with Crippen LogP contribution in [0.1, 0.15) is 11.1 Å². The summed E-state index contributed by atoms with van der Waals surface area (Å²) < 4.78 is 5.26. The van der Waals surface area contributed by atoms with Crippen molar-refractivity contribution < 1.29 is 4.74 Å². The van der Waals surface area contributed by atoms with E-state index in [0.29, 0.717) is 38.8 Å². The van der Waals surface area contributed by atoms with E-state index in [2.05, 4.69) is 27.1 Å². The summed E-state index contributed by atoms with van der Waals surface area (Å²) in [5.41, 5.74) is 2.94. The molecule has 3 aromatic rings. The van der Waals surface area contributed by atoms with Gasteiger partial charge in [0.25, 0.3) is 0 Å². The molecule has 0 saturated carbocycles. The molecule has 0 amide bonds. The second-order valence-electron chi connectivity index (χ2n) is 4.62. The molecule has 6 nitrogen and oxygen atoms in total. The van der Waals surface area contributed by atoms with Crippen molar-refractivity contribution in [3.05, 3.63) is 35.5 Å². The molecule has 1 N–H and O–H groups in total. The number of nitrogens with one attached hydrogen (secondary N) is 1. The third-order valence-corrected chi connectivity index (χ3v) is 3.96. The van der Waals surface area contributed by atoms with Gasteiger partial charge in [0.05, 0.1) is 29.3 Å². The number of hydrogen-bond donors (Lipinski definition) is 1. The van der Waals surface area contributed by atoms with Gasteiger partial charge in [-0.3, -0.25) is 0 Å². The highest BCUT2D eigenvalue weighted by molar-refractivity contribution is 7.98. The molecule has 112 valence electrons. The van der Waals surface area contributed by atoms with Crippen LogP contribution in [0.5, 0.6) is 5.75 Å². The van der Waals surface area contributed by atoms with Crippen molar-refractivity contribution in [2.75, 3.05) is 13.4 Å². The van der Waals surface area contributed by atoms with Gasteiger partial charge in [-0.05, 0) is 18.4 Å². The van der Waals surface area contributed by atoms with Gasteiger partial charge in [-0.1, -0.05) is 17.8 Å². The van der Waals surface area contributed by atoms with Gasteiger partial charge >= 0.3 is 0 Å². The molecule has 0 spiro atoms. The molecule has 23 heavy (non-hydrogen) atoms. The zero-order chi connectivity index (χ0) is 16.4. The van der Waals surface area contributed by atoms with Crippen LogP contribution in [0.2, 0.25) is 0 Å². The van der Waals surface area contributed by atoms with E-state index in [0.717, 1.165) is 5.56 Å². The SMILES string of the molecule is COc1cc(-c2nc(SC)nc3[nH]cc(C#N)c23)ccc1C#N. The molecule has 0 fully saturated rings. The molecule has 0 bridgehead atoms. The molecule has 0 atom stereocenters. The number of nitriles is 2. The van der Waals surface area contributed by atoms with E-state index >= 15 is 0 Å². The Morgan fingerprint density at radius 1 is 1.17 bits per heavy atom. The standard InChI is InChI=1S/C16H11N5OS/c1-22-12-5-9(3-4-10(12)6-17)14-13-11(7-18)8-19-15(13)21-16(20-14)23-2/h3-5,8H,1-2H3,(H,19,20,21). The van der Waals surface area contributed by atoms with Crippen molar-refractivity contribution >= 4 is 22.8 Å². The summed E-state index contributed by atoms with van der Waals surface area (Å²) in [5.74, 6) is 0.469. The Kier molecular flexibility index (Phi) is 3.88. The van der Waals surface area contributed by atoms with E-state index < -0.39 is 0 Å². The zero-order valence-electron chi connectivity index (χ0n) is 12.4. The van der Waals surface area contributed by atoms with Gasteiger partial charge in [0, 0.05) is 11.8 Å². The van der Waals surface area contributed by atoms with Crippen LogP contribution in [0.15, 0.2) is 29.6 Å². The Morgan fingerprint density at radius 2 is 1.96 bits per heavy atom. The predicted molar refractivity (Wildman–Crippen MR) is 87.1 cm³/mol. The van der Waals surface area contributed by atoms with Crippen LogP contribution in [0.3, 0.4) is 0 Å². The average Bonchev–Trinajstić information content (AvgIpc) is 3.03. The summed E-state index contributed by atoms with van der Waals surface area (Å²) in [5, 5.41) is 19.7. The third-order valence-electron chi connectivity index (χ3n) is 3.41. The fourth-order valence-electron chi connectivity index (χ4n) is 2.33. The number of H-pyrrole nitrogens is 1. The van der Waals surface area contributed by atoms with Crippen LogP contribution in [0, 0.1) is 22.7 Å². The molecule has 2 heterocycles. The summed E-state index contributed by atoms with van der Waals surface area (Å²) in [6.45, 7) is 0. The average molecular weight is 321 g/mol. The predicted octanol–water partition coefficient (Wildman–Crippen LogP) is 3.10.